The first kappa shape index (κ1) is 18.0. The van der Waals surface area contributed by atoms with Crippen LogP contribution in [-0.2, 0) is 0 Å². The molecule has 0 aromatic rings. The third-order valence-electron chi connectivity index (χ3n) is 5.08. The van der Waals surface area contributed by atoms with Crippen molar-refractivity contribution in [1.29, 1.82) is 0 Å². The van der Waals surface area contributed by atoms with E-state index in [-0.39, 0.29) is 0 Å². The molecule has 2 fully saturated rings. The standard InChI is InChI=1S/C16H32N2.C2H6/c1-4-8-17-11-7-16(15(3)12-17)13-18-9-5-14(2)6-10-18;1-2/h14-16H,4-13H2,1-3H3;1-2H3. The zero-order chi connectivity index (χ0) is 15.0. The molecule has 2 aliphatic rings. The van der Waals surface area contributed by atoms with E-state index in [2.05, 4.69) is 30.6 Å². The normalized spacial score (nSPS) is 29.9. The van der Waals surface area contributed by atoms with Crippen LogP contribution >= 0.6 is 0 Å². The molecule has 0 aromatic carbocycles. The Morgan fingerprint density at radius 3 is 2.05 bits per heavy atom. The summed E-state index contributed by atoms with van der Waals surface area (Å²) >= 11 is 0. The average molecular weight is 283 g/mol. The Labute approximate surface area is 127 Å². The molecule has 2 rings (SSSR count). The van der Waals surface area contributed by atoms with Gasteiger partial charge in [-0.1, -0.05) is 34.6 Å². The van der Waals surface area contributed by atoms with E-state index < -0.39 is 0 Å². The minimum absolute atomic E-state index is 0.893. The topological polar surface area (TPSA) is 6.48 Å². The van der Waals surface area contributed by atoms with E-state index in [1.807, 2.05) is 13.8 Å². The summed E-state index contributed by atoms with van der Waals surface area (Å²) in [5.74, 6) is 2.81. The Morgan fingerprint density at radius 1 is 0.900 bits per heavy atom. The summed E-state index contributed by atoms with van der Waals surface area (Å²) in [4.78, 5) is 5.40. The predicted molar refractivity (Wildman–Crippen MR) is 90.2 cm³/mol. The molecule has 0 spiro atoms. The van der Waals surface area contributed by atoms with E-state index >= 15 is 0 Å². The van der Waals surface area contributed by atoms with Gasteiger partial charge in [-0.2, -0.15) is 0 Å². The first-order valence-electron chi connectivity index (χ1n) is 9.13. The van der Waals surface area contributed by atoms with Crippen LogP contribution in [0.5, 0.6) is 0 Å². The van der Waals surface area contributed by atoms with E-state index in [9.17, 15) is 0 Å². The molecule has 2 heterocycles. The summed E-state index contributed by atoms with van der Waals surface area (Å²) in [7, 11) is 0. The van der Waals surface area contributed by atoms with Crippen LogP contribution in [0.4, 0.5) is 0 Å². The number of piperidine rings is 2. The highest BCUT2D eigenvalue weighted by molar-refractivity contribution is 4.81. The van der Waals surface area contributed by atoms with Gasteiger partial charge in [0.1, 0.15) is 0 Å². The molecular formula is C18H38N2. The van der Waals surface area contributed by atoms with E-state index in [1.165, 1.54) is 65.0 Å². The molecule has 2 saturated heterocycles. The molecule has 0 radical (unpaired) electrons. The summed E-state index contributed by atoms with van der Waals surface area (Å²) in [6.07, 6.45) is 5.57. The highest BCUT2D eigenvalue weighted by atomic mass is 15.2. The Kier molecular flexibility index (Phi) is 8.79. The SMILES string of the molecule is CC.CCCN1CCC(CN2CCC(C)CC2)C(C)C1. The van der Waals surface area contributed by atoms with Crippen molar-refractivity contribution in [2.45, 2.75) is 60.3 Å². The molecule has 120 valence electrons. The average Bonchev–Trinajstić information content (AvgIpc) is 2.47. The van der Waals surface area contributed by atoms with E-state index in [1.54, 1.807) is 0 Å². The number of rotatable bonds is 4. The molecule has 2 unspecified atom stereocenters. The van der Waals surface area contributed by atoms with Crippen molar-refractivity contribution in [3.63, 3.8) is 0 Å². The van der Waals surface area contributed by atoms with Crippen molar-refractivity contribution in [1.82, 2.24) is 9.80 Å². The Balaban J connectivity index is 0.000000956. The third kappa shape index (κ3) is 5.73. The van der Waals surface area contributed by atoms with Gasteiger partial charge in [0.05, 0.1) is 0 Å². The largest absolute Gasteiger partial charge is 0.303 e. The highest BCUT2D eigenvalue weighted by Gasteiger charge is 2.28. The fraction of sp³-hybridized carbons (Fsp3) is 1.00. The second-order valence-electron chi connectivity index (χ2n) is 6.81. The van der Waals surface area contributed by atoms with Gasteiger partial charge in [-0.25, -0.2) is 0 Å². The first-order chi connectivity index (χ1) is 9.69. The number of hydrogen-bond donors (Lipinski definition) is 0. The third-order valence-corrected chi connectivity index (χ3v) is 5.08. The van der Waals surface area contributed by atoms with Crippen molar-refractivity contribution in [2.75, 3.05) is 39.3 Å². The molecule has 2 nitrogen and oxygen atoms in total. The van der Waals surface area contributed by atoms with Crippen LogP contribution in [0.15, 0.2) is 0 Å². The summed E-state index contributed by atoms with van der Waals surface area (Å²) < 4.78 is 0. The van der Waals surface area contributed by atoms with Gasteiger partial charge in [-0.05, 0) is 69.6 Å². The van der Waals surface area contributed by atoms with Crippen LogP contribution in [0, 0.1) is 17.8 Å². The number of hydrogen-bond acceptors (Lipinski definition) is 2. The van der Waals surface area contributed by atoms with Crippen LogP contribution in [0.3, 0.4) is 0 Å². The molecular weight excluding hydrogens is 244 g/mol. The molecule has 2 atom stereocenters. The summed E-state index contributed by atoms with van der Waals surface area (Å²) in [6, 6.07) is 0. The van der Waals surface area contributed by atoms with Gasteiger partial charge < -0.3 is 9.80 Å². The number of likely N-dealkylation sites (tertiary alicyclic amines) is 2. The maximum Gasteiger partial charge on any atom is 0.00132 e. The van der Waals surface area contributed by atoms with Gasteiger partial charge in [-0.15, -0.1) is 0 Å². The lowest BCUT2D eigenvalue weighted by atomic mass is 9.85. The monoisotopic (exact) mass is 282 g/mol. The lowest BCUT2D eigenvalue weighted by Crippen LogP contribution is -2.45. The fourth-order valence-electron chi connectivity index (χ4n) is 3.65. The van der Waals surface area contributed by atoms with Crippen LogP contribution in [0.1, 0.15) is 60.3 Å². The molecule has 0 aromatic heterocycles. The van der Waals surface area contributed by atoms with Gasteiger partial charge in [0.25, 0.3) is 0 Å². The zero-order valence-corrected chi connectivity index (χ0v) is 14.7. The smallest absolute Gasteiger partial charge is 0.00132 e. The van der Waals surface area contributed by atoms with Crippen molar-refractivity contribution in [2.24, 2.45) is 17.8 Å². The quantitative estimate of drug-likeness (QED) is 0.765. The van der Waals surface area contributed by atoms with Gasteiger partial charge in [0, 0.05) is 13.1 Å². The van der Waals surface area contributed by atoms with Crippen LogP contribution in [0.2, 0.25) is 0 Å². The Morgan fingerprint density at radius 2 is 1.50 bits per heavy atom. The second-order valence-corrected chi connectivity index (χ2v) is 6.81. The van der Waals surface area contributed by atoms with Gasteiger partial charge >= 0.3 is 0 Å². The van der Waals surface area contributed by atoms with Gasteiger partial charge in [-0.3, -0.25) is 0 Å². The molecule has 0 aliphatic carbocycles. The maximum atomic E-state index is 2.73. The van der Waals surface area contributed by atoms with Crippen molar-refractivity contribution in [3.8, 4) is 0 Å². The fourth-order valence-corrected chi connectivity index (χ4v) is 3.65. The highest BCUT2D eigenvalue weighted by Crippen LogP contribution is 2.26. The van der Waals surface area contributed by atoms with E-state index in [4.69, 9.17) is 0 Å². The molecule has 0 amide bonds. The van der Waals surface area contributed by atoms with Gasteiger partial charge in [0.15, 0.2) is 0 Å². The van der Waals surface area contributed by atoms with Gasteiger partial charge in [0.2, 0.25) is 0 Å². The van der Waals surface area contributed by atoms with E-state index in [0.29, 0.717) is 0 Å². The second kappa shape index (κ2) is 9.78. The first-order valence-corrected chi connectivity index (χ1v) is 9.13. The molecule has 0 bridgehead atoms. The zero-order valence-electron chi connectivity index (χ0n) is 14.7. The molecule has 0 saturated carbocycles. The van der Waals surface area contributed by atoms with E-state index in [0.717, 1.165) is 17.8 Å². The summed E-state index contributed by atoms with van der Waals surface area (Å²) in [5.41, 5.74) is 0. The lowest BCUT2D eigenvalue weighted by molar-refractivity contribution is 0.0831. The van der Waals surface area contributed by atoms with Crippen LogP contribution in [-0.4, -0.2) is 49.1 Å². The lowest BCUT2D eigenvalue weighted by Gasteiger charge is -2.40. The minimum atomic E-state index is 0.893. The Hall–Kier alpha value is -0.0800. The van der Waals surface area contributed by atoms with Crippen molar-refractivity contribution < 1.29 is 0 Å². The molecule has 20 heavy (non-hydrogen) atoms. The molecule has 0 N–H and O–H groups in total. The number of nitrogens with zero attached hydrogens (tertiary/aromatic N) is 2. The van der Waals surface area contributed by atoms with Crippen LogP contribution in [0.25, 0.3) is 0 Å². The van der Waals surface area contributed by atoms with Crippen molar-refractivity contribution >= 4 is 0 Å². The maximum absolute atomic E-state index is 2.73. The molecule has 2 aliphatic heterocycles. The summed E-state index contributed by atoms with van der Waals surface area (Å²) in [6.45, 7) is 19.2. The van der Waals surface area contributed by atoms with Crippen LogP contribution < -0.4 is 0 Å². The minimum Gasteiger partial charge on any atom is -0.303 e. The molecule has 2 heteroatoms. The van der Waals surface area contributed by atoms with Crippen molar-refractivity contribution in [3.05, 3.63) is 0 Å². The predicted octanol–water partition coefficient (Wildman–Crippen LogP) is 4.11. The summed E-state index contributed by atoms with van der Waals surface area (Å²) in [5, 5.41) is 0. The Bertz CT molecular complexity index is 234.